The number of halogens is 1. The summed E-state index contributed by atoms with van der Waals surface area (Å²) in [5.74, 6) is 0. The van der Waals surface area contributed by atoms with Crippen molar-refractivity contribution in [2.24, 2.45) is 0 Å². The van der Waals surface area contributed by atoms with E-state index in [0.29, 0.717) is 0 Å². The van der Waals surface area contributed by atoms with E-state index in [-0.39, 0.29) is 6.29 Å². The first kappa shape index (κ1) is 7.97. The minimum Gasteiger partial charge on any atom is -0.346 e. The molecule has 1 fully saturated rings. The van der Waals surface area contributed by atoms with Crippen LogP contribution in [0.4, 0.5) is 0 Å². The molecule has 0 aliphatic carbocycles. The zero-order chi connectivity index (χ0) is 7.68. The molecule has 0 unspecified atom stereocenters. The first-order valence-corrected chi connectivity index (χ1v) is 5.35. The summed E-state index contributed by atoms with van der Waals surface area (Å²) in [4.78, 5) is 0. The smallest absolute Gasteiger partial charge is 0.185 e. The van der Waals surface area contributed by atoms with Crippen molar-refractivity contribution < 1.29 is 9.47 Å². The van der Waals surface area contributed by atoms with Crippen LogP contribution in [0.3, 0.4) is 0 Å². The van der Waals surface area contributed by atoms with Crippen LogP contribution in [0.1, 0.15) is 11.9 Å². The van der Waals surface area contributed by atoms with Crippen LogP contribution in [0, 0.1) is 3.57 Å². The summed E-state index contributed by atoms with van der Waals surface area (Å²) in [5.41, 5.74) is 1.17. The van der Waals surface area contributed by atoms with E-state index in [1.165, 1.54) is 9.13 Å². The van der Waals surface area contributed by atoms with Crippen molar-refractivity contribution in [1.82, 2.24) is 0 Å². The molecule has 11 heavy (non-hydrogen) atoms. The van der Waals surface area contributed by atoms with Crippen molar-refractivity contribution >= 4 is 33.9 Å². The highest BCUT2D eigenvalue weighted by molar-refractivity contribution is 14.1. The number of hydrogen-bond donors (Lipinski definition) is 0. The Morgan fingerprint density at radius 3 is 2.64 bits per heavy atom. The summed E-state index contributed by atoms with van der Waals surface area (Å²) < 4.78 is 12.0. The topological polar surface area (TPSA) is 18.5 Å². The highest BCUT2D eigenvalue weighted by atomic mass is 127. The van der Waals surface area contributed by atoms with E-state index in [4.69, 9.17) is 9.47 Å². The van der Waals surface area contributed by atoms with Crippen molar-refractivity contribution in [3.63, 3.8) is 0 Å². The van der Waals surface area contributed by atoms with Gasteiger partial charge in [0.05, 0.1) is 13.2 Å². The summed E-state index contributed by atoms with van der Waals surface area (Å²) in [6.45, 7) is 1.44. The molecular weight excluding hydrogens is 275 g/mol. The second-order valence-electron chi connectivity index (χ2n) is 2.25. The second-order valence-corrected chi connectivity index (χ2v) is 4.15. The summed E-state index contributed by atoms with van der Waals surface area (Å²) in [5, 5.41) is 4.18. The zero-order valence-electron chi connectivity index (χ0n) is 5.75. The molecule has 1 saturated heterocycles. The van der Waals surface area contributed by atoms with E-state index >= 15 is 0 Å². The van der Waals surface area contributed by atoms with Gasteiger partial charge >= 0.3 is 0 Å². The maximum absolute atomic E-state index is 5.36. The van der Waals surface area contributed by atoms with Crippen LogP contribution in [0.5, 0.6) is 0 Å². The molecule has 2 rings (SSSR count). The van der Waals surface area contributed by atoms with Crippen LogP contribution in [0.25, 0.3) is 0 Å². The molecule has 0 radical (unpaired) electrons. The average Bonchev–Trinajstić information content (AvgIpc) is 2.55. The molecule has 2 nitrogen and oxygen atoms in total. The maximum Gasteiger partial charge on any atom is 0.185 e. The van der Waals surface area contributed by atoms with Crippen LogP contribution in [-0.4, -0.2) is 13.2 Å². The van der Waals surface area contributed by atoms with Crippen LogP contribution in [0.2, 0.25) is 0 Å². The molecule has 60 valence electrons. The normalized spacial score (nSPS) is 19.4. The Morgan fingerprint density at radius 1 is 1.36 bits per heavy atom. The molecule has 1 aliphatic heterocycles. The molecule has 4 heteroatoms. The Kier molecular flexibility index (Phi) is 2.45. The van der Waals surface area contributed by atoms with Gasteiger partial charge in [-0.2, -0.15) is 11.3 Å². The molecule has 0 aromatic carbocycles. The number of thiophene rings is 1. The van der Waals surface area contributed by atoms with Crippen molar-refractivity contribution in [3.05, 3.63) is 19.9 Å². The van der Waals surface area contributed by atoms with Gasteiger partial charge in [0.15, 0.2) is 6.29 Å². The van der Waals surface area contributed by atoms with Gasteiger partial charge in [-0.25, -0.2) is 0 Å². The largest absolute Gasteiger partial charge is 0.346 e. The molecule has 0 spiro atoms. The SMILES string of the molecule is Ic1cscc1C1OCCO1. The minimum atomic E-state index is -0.104. The predicted molar refractivity (Wildman–Crippen MR) is 51.7 cm³/mol. The van der Waals surface area contributed by atoms with E-state index in [2.05, 4.69) is 33.4 Å². The Balaban J connectivity index is 2.21. The lowest BCUT2D eigenvalue weighted by atomic mass is 10.3. The molecule has 1 aromatic rings. The predicted octanol–water partition coefficient (Wildman–Crippen LogP) is 2.40. The number of ether oxygens (including phenoxy) is 2. The lowest BCUT2D eigenvalue weighted by molar-refractivity contribution is -0.0443. The average molecular weight is 282 g/mol. The summed E-state index contributed by atoms with van der Waals surface area (Å²) >= 11 is 3.98. The van der Waals surface area contributed by atoms with Gasteiger partial charge in [-0.15, -0.1) is 0 Å². The fourth-order valence-corrected chi connectivity index (χ4v) is 2.77. The van der Waals surface area contributed by atoms with Gasteiger partial charge in [0.2, 0.25) is 0 Å². The fourth-order valence-electron chi connectivity index (χ4n) is 0.998. The Morgan fingerprint density at radius 2 is 2.09 bits per heavy atom. The van der Waals surface area contributed by atoms with E-state index in [1.54, 1.807) is 11.3 Å². The quantitative estimate of drug-likeness (QED) is 0.736. The van der Waals surface area contributed by atoms with Crippen LogP contribution < -0.4 is 0 Å². The Bertz CT molecular complexity index is 242. The van der Waals surface area contributed by atoms with Crippen LogP contribution in [0.15, 0.2) is 10.8 Å². The maximum atomic E-state index is 5.36. The molecule has 1 aliphatic rings. The molecule has 1 aromatic heterocycles. The summed E-state index contributed by atoms with van der Waals surface area (Å²) in [6, 6.07) is 0. The van der Waals surface area contributed by atoms with Gasteiger partial charge in [0, 0.05) is 19.9 Å². The van der Waals surface area contributed by atoms with Gasteiger partial charge < -0.3 is 9.47 Å². The number of hydrogen-bond acceptors (Lipinski definition) is 3. The van der Waals surface area contributed by atoms with Crippen LogP contribution in [-0.2, 0) is 9.47 Å². The molecule has 2 heterocycles. The highest BCUT2D eigenvalue weighted by Gasteiger charge is 2.20. The third kappa shape index (κ3) is 1.58. The Labute approximate surface area is 82.6 Å². The third-order valence-corrected chi connectivity index (χ3v) is 3.64. The first-order chi connectivity index (χ1) is 5.38. The van der Waals surface area contributed by atoms with Crippen molar-refractivity contribution in [3.8, 4) is 0 Å². The van der Waals surface area contributed by atoms with Gasteiger partial charge in [-0.05, 0) is 22.6 Å². The second kappa shape index (κ2) is 3.38. The van der Waals surface area contributed by atoms with Crippen LogP contribution >= 0.6 is 33.9 Å². The van der Waals surface area contributed by atoms with E-state index in [0.717, 1.165) is 13.2 Å². The zero-order valence-corrected chi connectivity index (χ0v) is 8.72. The van der Waals surface area contributed by atoms with Crippen molar-refractivity contribution in [2.75, 3.05) is 13.2 Å². The molecule has 0 amide bonds. The lowest BCUT2D eigenvalue weighted by Crippen LogP contribution is -1.97. The number of rotatable bonds is 1. The van der Waals surface area contributed by atoms with E-state index in [1.807, 2.05) is 0 Å². The molecule has 0 N–H and O–H groups in total. The first-order valence-electron chi connectivity index (χ1n) is 3.33. The molecular formula is C7H7IO2S. The van der Waals surface area contributed by atoms with Gasteiger partial charge in [0.1, 0.15) is 0 Å². The monoisotopic (exact) mass is 282 g/mol. The standard InChI is InChI=1S/C7H7IO2S/c8-6-4-11-3-5(6)7-9-1-2-10-7/h3-4,7H,1-2H2. The van der Waals surface area contributed by atoms with Gasteiger partial charge in [0.25, 0.3) is 0 Å². The van der Waals surface area contributed by atoms with E-state index < -0.39 is 0 Å². The molecule has 0 bridgehead atoms. The minimum absolute atomic E-state index is 0.104. The van der Waals surface area contributed by atoms with Gasteiger partial charge in [-0.1, -0.05) is 0 Å². The van der Waals surface area contributed by atoms with Gasteiger partial charge in [-0.3, -0.25) is 0 Å². The van der Waals surface area contributed by atoms with E-state index in [9.17, 15) is 0 Å². The highest BCUT2D eigenvalue weighted by Crippen LogP contribution is 2.29. The van der Waals surface area contributed by atoms with Crippen molar-refractivity contribution in [2.45, 2.75) is 6.29 Å². The lowest BCUT2D eigenvalue weighted by Gasteiger charge is -2.06. The summed E-state index contributed by atoms with van der Waals surface area (Å²) in [7, 11) is 0. The molecule has 0 atom stereocenters. The van der Waals surface area contributed by atoms with Crippen molar-refractivity contribution in [1.29, 1.82) is 0 Å². The summed E-state index contributed by atoms with van der Waals surface area (Å²) in [6.07, 6.45) is -0.104. The third-order valence-electron chi connectivity index (χ3n) is 1.52. The fraction of sp³-hybridized carbons (Fsp3) is 0.429. The Hall–Kier alpha value is 0.350. The molecule has 0 saturated carbocycles.